The zero-order valence-electron chi connectivity index (χ0n) is 22.0. The highest BCUT2D eigenvalue weighted by atomic mass is 28.3. The molecule has 0 bridgehead atoms. The Balaban J connectivity index is 1.45. The van der Waals surface area contributed by atoms with E-state index < -0.39 is 13.7 Å². The first-order valence-electron chi connectivity index (χ1n) is 12.3. The quantitative estimate of drug-likeness (QED) is 0.313. The second kappa shape index (κ2) is 10.6. The van der Waals surface area contributed by atoms with Crippen LogP contribution >= 0.6 is 0 Å². The molecule has 0 N–H and O–H groups in total. The molecule has 12 heteroatoms. The summed E-state index contributed by atoms with van der Waals surface area (Å²) in [7, 11) is -1.18. The second-order valence-electron chi connectivity index (χ2n) is 11.3. The zero-order valence-corrected chi connectivity index (χ0v) is 23.0. The number of rotatable bonds is 8. The van der Waals surface area contributed by atoms with Crippen LogP contribution in [-0.4, -0.2) is 75.2 Å². The van der Waals surface area contributed by atoms with Crippen LogP contribution in [0.5, 0.6) is 5.88 Å². The first-order valence-corrected chi connectivity index (χ1v) is 16.0. The molecule has 0 spiro atoms. The average molecular weight is 517 g/mol. The van der Waals surface area contributed by atoms with Gasteiger partial charge in [-0.3, -0.25) is 0 Å². The van der Waals surface area contributed by atoms with Crippen LogP contribution in [0.1, 0.15) is 33.6 Å². The van der Waals surface area contributed by atoms with Crippen LogP contribution < -0.4 is 4.74 Å². The molecular formula is C24H36N6O5Si. The number of carbonyl (C=O) groups excluding carboxylic acids is 1. The minimum absolute atomic E-state index is 0.0747. The first kappa shape index (κ1) is 26.1. The predicted octanol–water partition coefficient (Wildman–Crippen LogP) is 4.57. The number of hydrogen-bond acceptors (Lipinski definition) is 9. The number of aromatic nitrogens is 5. The fourth-order valence-electron chi connectivity index (χ4n) is 3.83. The van der Waals surface area contributed by atoms with Crippen molar-refractivity contribution in [2.45, 2.75) is 77.7 Å². The van der Waals surface area contributed by atoms with E-state index in [2.05, 4.69) is 34.8 Å². The molecule has 11 nitrogen and oxygen atoms in total. The van der Waals surface area contributed by atoms with Crippen molar-refractivity contribution in [3.63, 3.8) is 0 Å². The molecule has 1 amide bonds. The van der Waals surface area contributed by atoms with Crippen LogP contribution in [0.4, 0.5) is 4.79 Å². The van der Waals surface area contributed by atoms with Gasteiger partial charge in [0.2, 0.25) is 12.3 Å². The van der Waals surface area contributed by atoms with E-state index in [0.29, 0.717) is 67.8 Å². The van der Waals surface area contributed by atoms with Crippen molar-refractivity contribution < 1.29 is 23.4 Å². The van der Waals surface area contributed by atoms with Crippen molar-refractivity contribution in [2.75, 3.05) is 19.7 Å². The molecule has 3 aromatic heterocycles. The fraction of sp³-hybridized carbons (Fsp3) is 0.625. The van der Waals surface area contributed by atoms with Gasteiger partial charge in [0.15, 0.2) is 5.65 Å². The van der Waals surface area contributed by atoms with E-state index >= 15 is 0 Å². The second-order valence-corrected chi connectivity index (χ2v) is 16.9. The molecule has 3 aromatic rings. The van der Waals surface area contributed by atoms with Crippen LogP contribution in [0.3, 0.4) is 0 Å². The third kappa shape index (κ3) is 6.81. The summed E-state index contributed by atoms with van der Waals surface area (Å²) >= 11 is 0. The van der Waals surface area contributed by atoms with Gasteiger partial charge in [-0.15, -0.1) is 10.2 Å². The minimum Gasteiger partial charge on any atom is -0.473 e. The lowest BCUT2D eigenvalue weighted by Crippen LogP contribution is -2.44. The number of carbonyl (C=O) groups is 1. The van der Waals surface area contributed by atoms with Gasteiger partial charge in [0.25, 0.3) is 5.89 Å². The Kier molecular flexibility index (Phi) is 7.64. The molecular weight excluding hydrogens is 480 g/mol. The molecule has 0 saturated carbocycles. The van der Waals surface area contributed by atoms with Gasteiger partial charge < -0.3 is 28.1 Å². The number of hydrogen-bond donors (Lipinski definition) is 0. The molecule has 4 rings (SSSR count). The molecule has 1 aliphatic rings. The van der Waals surface area contributed by atoms with Crippen molar-refractivity contribution >= 4 is 25.3 Å². The Morgan fingerprint density at radius 1 is 1.22 bits per heavy atom. The van der Waals surface area contributed by atoms with E-state index in [-0.39, 0.29) is 12.2 Å². The van der Waals surface area contributed by atoms with Gasteiger partial charge in [-0.2, -0.15) is 0 Å². The highest BCUT2D eigenvalue weighted by molar-refractivity contribution is 6.76. The summed E-state index contributed by atoms with van der Waals surface area (Å²) in [6.45, 7) is 14.7. The largest absolute Gasteiger partial charge is 0.473 e. The number of fused-ring (bicyclic) bond motifs is 1. The van der Waals surface area contributed by atoms with Crippen LogP contribution in [0, 0.1) is 0 Å². The maximum atomic E-state index is 12.3. The molecule has 0 aliphatic carbocycles. The third-order valence-electron chi connectivity index (χ3n) is 5.74. The van der Waals surface area contributed by atoms with Crippen molar-refractivity contribution in [3.05, 3.63) is 18.8 Å². The number of ether oxygens (including phenoxy) is 3. The maximum absolute atomic E-state index is 12.3. The van der Waals surface area contributed by atoms with Gasteiger partial charge in [-0.05, 0) is 26.8 Å². The Hall–Kier alpha value is -2.99. The summed E-state index contributed by atoms with van der Waals surface area (Å²) in [6, 6.07) is 1.08. The van der Waals surface area contributed by atoms with Gasteiger partial charge in [-0.25, -0.2) is 14.8 Å². The van der Waals surface area contributed by atoms with Gasteiger partial charge >= 0.3 is 6.09 Å². The standard InChI is InChI=1S/C24H36N6O5Si/c1-24(2,3)35-23(31)29-9-7-17(8-10-29)34-19-13-25-21-20(27-19)18(22-28-26-15-33-22)14-30(21)16-32-11-12-36(4,5)6/h13-15,17H,7-12,16H2,1-6H3. The molecule has 1 aliphatic heterocycles. The summed E-state index contributed by atoms with van der Waals surface area (Å²) in [6.07, 6.45) is 5.78. The molecule has 0 radical (unpaired) electrons. The van der Waals surface area contributed by atoms with E-state index in [1.807, 2.05) is 31.5 Å². The van der Waals surface area contributed by atoms with Crippen molar-refractivity contribution in [2.24, 2.45) is 0 Å². The smallest absolute Gasteiger partial charge is 0.410 e. The Bertz CT molecular complexity index is 1160. The molecule has 0 aromatic carbocycles. The highest BCUT2D eigenvalue weighted by Crippen LogP contribution is 2.29. The predicted molar refractivity (Wildman–Crippen MR) is 136 cm³/mol. The number of piperidine rings is 1. The lowest BCUT2D eigenvalue weighted by atomic mass is 10.1. The highest BCUT2D eigenvalue weighted by Gasteiger charge is 2.28. The molecule has 4 heterocycles. The fourth-order valence-corrected chi connectivity index (χ4v) is 4.59. The van der Waals surface area contributed by atoms with Crippen LogP contribution in [0.25, 0.3) is 22.6 Å². The summed E-state index contributed by atoms with van der Waals surface area (Å²) < 4.78 is 24.9. The van der Waals surface area contributed by atoms with Gasteiger partial charge in [-0.1, -0.05) is 19.6 Å². The first-order chi connectivity index (χ1) is 17.0. The number of likely N-dealkylation sites (tertiary alicyclic amines) is 1. The molecule has 1 saturated heterocycles. The molecule has 0 atom stereocenters. The summed E-state index contributed by atoms with van der Waals surface area (Å²) in [5, 5.41) is 7.85. The number of nitrogens with zero attached hydrogens (tertiary/aromatic N) is 6. The van der Waals surface area contributed by atoms with E-state index in [9.17, 15) is 4.79 Å². The normalized spacial score (nSPS) is 15.4. The Labute approximate surface area is 212 Å². The SMILES string of the molecule is CC(C)(C)OC(=O)N1CCC(Oc2cnc3c(n2)c(-c2nnco2)cn3COCC[Si](C)(C)C)CC1. The van der Waals surface area contributed by atoms with Crippen molar-refractivity contribution in [3.8, 4) is 17.3 Å². The topological polar surface area (TPSA) is 118 Å². The van der Waals surface area contributed by atoms with Crippen LogP contribution in [0.2, 0.25) is 25.7 Å². The van der Waals surface area contributed by atoms with Gasteiger partial charge in [0.1, 0.15) is 24.0 Å². The van der Waals surface area contributed by atoms with Crippen LogP contribution in [-0.2, 0) is 16.2 Å². The van der Waals surface area contributed by atoms with Crippen molar-refractivity contribution in [1.82, 2.24) is 29.6 Å². The Morgan fingerprint density at radius 2 is 1.97 bits per heavy atom. The van der Waals surface area contributed by atoms with Gasteiger partial charge in [0.05, 0.1) is 11.8 Å². The average Bonchev–Trinajstić information content (AvgIpc) is 3.43. The van der Waals surface area contributed by atoms with Gasteiger partial charge in [0, 0.05) is 46.8 Å². The van der Waals surface area contributed by atoms with E-state index in [1.165, 1.54) is 6.39 Å². The summed E-state index contributed by atoms with van der Waals surface area (Å²) in [4.78, 5) is 23.4. The molecule has 196 valence electrons. The van der Waals surface area contributed by atoms with E-state index in [0.717, 1.165) is 6.04 Å². The lowest BCUT2D eigenvalue weighted by Gasteiger charge is -2.33. The maximum Gasteiger partial charge on any atom is 0.410 e. The molecule has 0 unspecified atom stereocenters. The van der Waals surface area contributed by atoms with E-state index in [4.69, 9.17) is 23.6 Å². The third-order valence-corrected chi connectivity index (χ3v) is 7.45. The summed E-state index contributed by atoms with van der Waals surface area (Å²) in [5.74, 6) is 0.773. The zero-order chi connectivity index (χ0) is 25.9. The summed E-state index contributed by atoms with van der Waals surface area (Å²) in [5.41, 5.74) is 1.43. The minimum atomic E-state index is -1.18. The number of amides is 1. The lowest BCUT2D eigenvalue weighted by molar-refractivity contribution is 0.0123. The van der Waals surface area contributed by atoms with Crippen molar-refractivity contribution in [1.29, 1.82) is 0 Å². The van der Waals surface area contributed by atoms with Crippen LogP contribution in [0.15, 0.2) is 23.2 Å². The Morgan fingerprint density at radius 3 is 2.61 bits per heavy atom. The monoisotopic (exact) mass is 516 g/mol. The van der Waals surface area contributed by atoms with E-state index in [1.54, 1.807) is 11.1 Å². The molecule has 1 fully saturated rings. The molecule has 36 heavy (non-hydrogen) atoms.